The molecule has 5 rings (SSSR count). The maximum absolute atomic E-state index is 14.5. The van der Waals surface area contributed by atoms with E-state index in [0.717, 1.165) is 18.4 Å². The normalized spacial score (nSPS) is 16.8. The summed E-state index contributed by atoms with van der Waals surface area (Å²) in [6, 6.07) is 24.6. The zero-order chi connectivity index (χ0) is 43.4. The smallest absolute Gasteiger partial charge is 0.407 e. The fourth-order valence-electron chi connectivity index (χ4n) is 5.76. The van der Waals surface area contributed by atoms with Crippen LogP contribution in [0.15, 0.2) is 114 Å². The largest absolute Gasteiger partial charge is 0.453 e. The first-order valence-corrected chi connectivity index (χ1v) is 18.0. The molecule has 2 N–H and O–H groups in total. The summed E-state index contributed by atoms with van der Waals surface area (Å²) in [4.78, 5) is 30.9. The Labute approximate surface area is 310 Å². The Morgan fingerprint density at radius 3 is 2.24 bits per heavy atom. The van der Waals surface area contributed by atoms with Crippen LogP contribution < -0.4 is 5.32 Å². The molecule has 2 atom stereocenters. The van der Waals surface area contributed by atoms with Crippen LogP contribution in [0.2, 0.25) is 0 Å². The number of benzene rings is 4. The first-order valence-electron chi connectivity index (χ1n) is 20.2. The number of ketones is 1. The monoisotopic (exact) mass is 722 g/mol. The van der Waals surface area contributed by atoms with Crippen LogP contribution in [0.1, 0.15) is 60.6 Å². The fraction of sp³-hybridized carbons (Fsp3) is 0.308. The number of amides is 1. The van der Waals surface area contributed by atoms with Gasteiger partial charge in [-0.15, -0.1) is 11.3 Å². The van der Waals surface area contributed by atoms with Crippen LogP contribution in [0.25, 0.3) is 10.2 Å². The SMILES string of the molecule is [2H]C([2H])(C[C@@H](CO)N(CC([2H])(C([2H])([2H])[2H])C([2H])([2H])[2H])S(=O)(=O)c1ccc2ncsc2c1)c1ccccc1CC(=O)[C@@H](NC(=O)OC)C(c1ccccc1)c1ccccc1. The molecule has 0 unspecified atom stereocenters. The number of ether oxygens (including phenoxy) is 1. The Kier molecular flexibility index (Phi) is 8.97. The van der Waals surface area contributed by atoms with Crippen molar-refractivity contribution in [1.29, 1.82) is 0 Å². The van der Waals surface area contributed by atoms with Gasteiger partial charge in [-0.05, 0) is 59.1 Å². The minimum absolute atomic E-state index is 0.0909. The van der Waals surface area contributed by atoms with Gasteiger partial charge in [-0.3, -0.25) is 4.79 Å². The molecule has 0 aliphatic carbocycles. The van der Waals surface area contributed by atoms with Crippen LogP contribution in [-0.2, 0) is 32.3 Å². The van der Waals surface area contributed by atoms with E-state index in [-0.39, 0.29) is 11.1 Å². The number of aryl methyl sites for hydroxylation is 1. The number of carbonyl (C=O) groups excluding carboxylic acids is 2. The van der Waals surface area contributed by atoms with E-state index in [1.165, 1.54) is 41.9 Å². The van der Waals surface area contributed by atoms with E-state index in [1.54, 1.807) is 66.7 Å². The first kappa shape index (κ1) is 26.4. The second-order valence-corrected chi connectivity index (χ2v) is 14.2. The van der Waals surface area contributed by atoms with E-state index in [0.29, 0.717) is 25.6 Å². The quantitative estimate of drug-likeness (QED) is 0.118. The molecule has 0 bridgehead atoms. The number of methoxy groups -OCH3 is 1. The molecule has 0 saturated carbocycles. The lowest BCUT2D eigenvalue weighted by atomic mass is 9.81. The van der Waals surface area contributed by atoms with Crippen molar-refractivity contribution in [1.82, 2.24) is 14.6 Å². The summed E-state index contributed by atoms with van der Waals surface area (Å²) in [7, 11) is -3.79. The molecule has 11 heteroatoms. The van der Waals surface area contributed by atoms with E-state index >= 15 is 0 Å². The third-order valence-electron chi connectivity index (χ3n) is 8.21. The van der Waals surface area contributed by atoms with Gasteiger partial charge in [0.15, 0.2) is 5.78 Å². The summed E-state index contributed by atoms with van der Waals surface area (Å²) in [5.41, 5.74) is 3.37. The number of sulfonamides is 1. The molecule has 9 nitrogen and oxygen atoms in total. The lowest BCUT2D eigenvalue weighted by Crippen LogP contribution is -2.46. The van der Waals surface area contributed by atoms with Crippen molar-refractivity contribution in [3.63, 3.8) is 0 Å². The maximum Gasteiger partial charge on any atom is 0.407 e. The molecule has 50 heavy (non-hydrogen) atoms. The van der Waals surface area contributed by atoms with Gasteiger partial charge in [0.25, 0.3) is 0 Å². The predicted octanol–water partition coefficient (Wildman–Crippen LogP) is 6.61. The van der Waals surface area contributed by atoms with Crippen LogP contribution in [0.3, 0.4) is 0 Å². The number of Topliss-reactive ketones (excluding diaryl/α,β-unsaturated/α-hetero) is 1. The lowest BCUT2D eigenvalue weighted by Gasteiger charge is -2.31. The summed E-state index contributed by atoms with van der Waals surface area (Å²) in [6.45, 7) is -9.70. The highest BCUT2D eigenvalue weighted by atomic mass is 32.2. The Morgan fingerprint density at radius 2 is 1.62 bits per heavy atom. The molecule has 4 aromatic carbocycles. The highest BCUT2D eigenvalue weighted by molar-refractivity contribution is 7.89. The number of rotatable bonds is 16. The maximum atomic E-state index is 14.5. The van der Waals surface area contributed by atoms with Crippen LogP contribution in [-0.4, -0.2) is 67.0 Å². The van der Waals surface area contributed by atoms with Gasteiger partial charge in [-0.1, -0.05) is 98.6 Å². The number of hydrogen-bond acceptors (Lipinski definition) is 8. The molecule has 1 amide bonds. The minimum Gasteiger partial charge on any atom is -0.453 e. The number of fused-ring (bicyclic) bond motifs is 1. The molecular weight excluding hydrogens is 671 g/mol. The summed E-state index contributed by atoms with van der Waals surface area (Å²) in [6.07, 6.45) is -4.76. The highest BCUT2D eigenvalue weighted by Gasteiger charge is 2.34. The van der Waals surface area contributed by atoms with Gasteiger partial charge < -0.3 is 15.2 Å². The molecule has 1 heterocycles. The molecule has 0 saturated heterocycles. The van der Waals surface area contributed by atoms with Gasteiger partial charge in [0, 0.05) is 37.3 Å². The van der Waals surface area contributed by atoms with Gasteiger partial charge >= 0.3 is 6.09 Å². The summed E-state index contributed by atoms with van der Waals surface area (Å²) < 4.78 is 110. The average molecular weight is 723 g/mol. The lowest BCUT2D eigenvalue weighted by molar-refractivity contribution is -0.120. The summed E-state index contributed by atoms with van der Waals surface area (Å²) >= 11 is 1.11. The number of thiazole rings is 1. The van der Waals surface area contributed by atoms with Crippen molar-refractivity contribution >= 4 is 43.5 Å². The molecule has 0 fully saturated rings. The number of aliphatic hydroxyl groups is 1. The van der Waals surface area contributed by atoms with Crippen LogP contribution in [0.4, 0.5) is 4.79 Å². The Hall–Kier alpha value is -4.42. The van der Waals surface area contributed by atoms with E-state index < -0.39 is 96.8 Å². The molecular formula is C39H43N3O6S2. The zero-order valence-electron chi connectivity index (χ0n) is 36.2. The third kappa shape index (κ3) is 8.83. The van der Waals surface area contributed by atoms with Crippen molar-refractivity contribution in [3.05, 3.63) is 131 Å². The van der Waals surface area contributed by atoms with E-state index in [9.17, 15) is 25.9 Å². The van der Waals surface area contributed by atoms with Gasteiger partial charge in [-0.2, -0.15) is 4.31 Å². The van der Waals surface area contributed by atoms with Gasteiger partial charge in [0.2, 0.25) is 10.0 Å². The highest BCUT2D eigenvalue weighted by Crippen LogP contribution is 2.31. The van der Waals surface area contributed by atoms with Crippen LogP contribution in [0.5, 0.6) is 0 Å². The number of aromatic nitrogens is 1. The number of carbonyl (C=O) groups is 2. The minimum atomic E-state index is -4.95. The van der Waals surface area contributed by atoms with Crippen LogP contribution >= 0.6 is 11.3 Å². The predicted molar refractivity (Wildman–Crippen MR) is 197 cm³/mol. The molecule has 1 aromatic heterocycles. The van der Waals surface area contributed by atoms with Crippen molar-refractivity contribution in [2.45, 2.75) is 55.8 Å². The van der Waals surface area contributed by atoms with Crippen molar-refractivity contribution < 1.29 is 40.2 Å². The second kappa shape index (κ2) is 17.0. The van der Waals surface area contributed by atoms with Gasteiger partial charge in [0.05, 0.1) is 34.3 Å². The van der Waals surface area contributed by atoms with E-state index in [1.807, 2.05) is 0 Å². The first-order chi connectivity index (χ1) is 27.6. The van der Waals surface area contributed by atoms with Crippen LogP contribution in [0, 0.1) is 5.89 Å². The van der Waals surface area contributed by atoms with Crippen molar-refractivity contribution in [3.8, 4) is 0 Å². The molecule has 0 spiro atoms. The average Bonchev–Trinajstić information content (AvgIpc) is 3.67. The second-order valence-electron chi connectivity index (χ2n) is 11.4. The Morgan fingerprint density at radius 1 is 0.980 bits per heavy atom. The zero-order valence-corrected chi connectivity index (χ0v) is 28.8. The standard InChI is InChI=1S/C39H43N3O6S2/c1-27(2)24-42(50(46,47)33-20-21-34-36(23-33)49-26-40-34)32(25-43)19-18-28-12-10-11-17-31(28)22-35(44)38(41-39(45)48-3)37(29-13-6-4-7-14-29)30-15-8-5-9-16-30/h4-17,20-21,23,26-27,32,37-38,43H,18-19,22,24-25H2,1-3H3,(H,41,45)/t32-,38+/m0/s1/i1D3,2D3,18D2,27D. The number of aliphatic hydroxyl groups excluding tert-OH is 1. The molecule has 0 aliphatic heterocycles. The molecule has 5 aromatic rings. The Balaban J connectivity index is 1.56. The fourth-order valence-corrected chi connectivity index (χ4v) is 8.16. The Bertz CT molecular complexity index is 2290. The van der Waals surface area contributed by atoms with Gasteiger partial charge in [-0.25, -0.2) is 18.2 Å². The van der Waals surface area contributed by atoms with Crippen molar-refractivity contribution in [2.24, 2.45) is 5.89 Å². The topological polar surface area (TPSA) is 126 Å². The molecule has 262 valence electrons. The van der Waals surface area contributed by atoms with Crippen molar-refractivity contribution in [2.75, 3.05) is 20.3 Å². The number of nitrogens with one attached hydrogen (secondary N) is 1. The molecule has 0 aliphatic rings. The third-order valence-corrected chi connectivity index (χ3v) is 10.9. The molecule has 0 radical (unpaired) electrons. The van der Waals surface area contributed by atoms with Gasteiger partial charge in [0.1, 0.15) is 6.04 Å². The number of nitrogens with zero attached hydrogens (tertiary/aromatic N) is 2. The summed E-state index contributed by atoms with van der Waals surface area (Å²) in [5.74, 6) is -4.66. The summed E-state index contributed by atoms with van der Waals surface area (Å²) in [5, 5.41) is 13.5. The number of hydrogen-bond donors (Lipinski definition) is 2. The number of alkyl carbamates (subject to hydrolysis) is 1. The van der Waals surface area contributed by atoms with E-state index in [2.05, 4.69) is 10.3 Å². The van der Waals surface area contributed by atoms with E-state index in [4.69, 9.17) is 14.3 Å².